The first-order valence-electron chi connectivity index (χ1n) is 22.8. The minimum atomic E-state index is -0.139. The maximum Gasteiger partial charge on any atom is 0.147 e. The molecule has 1 N–H and O–H groups in total. The van der Waals surface area contributed by atoms with E-state index in [9.17, 15) is 5.11 Å². The van der Waals surface area contributed by atoms with Crippen LogP contribution in [0.15, 0.2) is 75.8 Å². The number of nitrogens with zero attached hydrogens (tertiary/aromatic N) is 2. The second-order valence-electron chi connectivity index (χ2n) is 18.6. The summed E-state index contributed by atoms with van der Waals surface area (Å²) in [7, 11) is 0. The van der Waals surface area contributed by atoms with Crippen molar-refractivity contribution >= 4 is 46.4 Å². The fraction of sp³-hybridized carbons (Fsp3) is 0.520. The molecule has 11 rings (SSSR count). The van der Waals surface area contributed by atoms with E-state index in [4.69, 9.17) is 74.4 Å². The molecule has 0 spiro atoms. The molecule has 334 valence electrons. The van der Waals surface area contributed by atoms with Crippen LogP contribution in [0.3, 0.4) is 0 Å². The summed E-state index contributed by atoms with van der Waals surface area (Å²) in [4.78, 5) is 0. The molecule has 2 heterocycles. The van der Waals surface area contributed by atoms with Crippen molar-refractivity contribution in [2.24, 2.45) is 23.7 Å². The molecular weight excluding hydrogens is 882 g/mol. The number of aliphatic hydroxyl groups excluding tert-OH is 1. The van der Waals surface area contributed by atoms with E-state index in [2.05, 4.69) is 22.4 Å². The Morgan fingerprint density at radius 3 is 1.43 bits per heavy atom. The molecular formula is C50H54Cl4N2O7. The Morgan fingerprint density at radius 2 is 0.968 bits per heavy atom. The van der Waals surface area contributed by atoms with Gasteiger partial charge >= 0.3 is 0 Å². The largest absolute Gasteiger partial charge is 0.393 e. The molecule has 5 aromatic rings. The van der Waals surface area contributed by atoms with Crippen LogP contribution in [0.1, 0.15) is 117 Å². The lowest BCUT2D eigenvalue weighted by atomic mass is 9.84. The van der Waals surface area contributed by atoms with E-state index >= 15 is 0 Å². The topological polar surface area (TPSA) is 109 Å². The SMILES string of the molecule is Clc1cccc(Cl)c1-c1noc(C2CC2)c1COC1CC2CCC(C1)C2OCOCc1ccccc1.OC1C2CCC1CC(OCc1c(-c3c(Cl)cccc3Cl)noc1C1CC1)C2. The van der Waals surface area contributed by atoms with Gasteiger partial charge in [0, 0.05) is 34.1 Å². The van der Waals surface area contributed by atoms with Gasteiger partial charge < -0.3 is 33.1 Å². The average molecular weight is 937 g/mol. The fourth-order valence-corrected chi connectivity index (χ4v) is 11.9. The first-order valence-corrected chi connectivity index (χ1v) is 24.3. The van der Waals surface area contributed by atoms with Gasteiger partial charge in [0.25, 0.3) is 0 Å². The van der Waals surface area contributed by atoms with Gasteiger partial charge in [-0.25, -0.2) is 0 Å². The Bertz CT molecular complexity index is 2280. The number of halogens is 4. The summed E-state index contributed by atoms with van der Waals surface area (Å²) in [5.41, 5.74) is 5.99. The second kappa shape index (κ2) is 19.5. The molecule has 6 aliphatic rings. The minimum absolute atomic E-state index is 0.139. The Hall–Kier alpha value is -2.96. The van der Waals surface area contributed by atoms with Gasteiger partial charge in [0.15, 0.2) is 0 Å². The Balaban J connectivity index is 0.000000156. The lowest BCUT2D eigenvalue weighted by Crippen LogP contribution is -2.37. The molecule has 6 saturated carbocycles. The Morgan fingerprint density at radius 1 is 0.524 bits per heavy atom. The van der Waals surface area contributed by atoms with Crippen LogP contribution in [0.5, 0.6) is 0 Å². The molecule has 4 bridgehead atoms. The number of fused-ring (bicyclic) bond motifs is 4. The number of ether oxygens (including phenoxy) is 4. The van der Waals surface area contributed by atoms with E-state index in [1.54, 1.807) is 0 Å². The average Bonchev–Trinajstić information content (AvgIpc) is 4.20. The Kier molecular flexibility index (Phi) is 13.6. The van der Waals surface area contributed by atoms with Crippen LogP contribution in [-0.4, -0.2) is 46.6 Å². The van der Waals surface area contributed by atoms with Crippen LogP contribution in [0, 0.1) is 23.7 Å². The van der Waals surface area contributed by atoms with Gasteiger partial charge in [0.05, 0.1) is 64.3 Å². The smallest absolute Gasteiger partial charge is 0.147 e. The van der Waals surface area contributed by atoms with Gasteiger partial charge in [-0.2, -0.15) is 0 Å². The minimum Gasteiger partial charge on any atom is -0.393 e. The van der Waals surface area contributed by atoms with E-state index in [1.165, 1.54) is 12.8 Å². The highest BCUT2D eigenvalue weighted by molar-refractivity contribution is 6.39. The maximum absolute atomic E-state index is 10.2. The number of hydrogen-bond acceptors (Lipinski definition) is 9. The number of hydrogen-bond donors (Lipinski definition) is 1. The van der Waals surface area contributed by atoms with Gasteiger partial charge in [-0.3, -0.25) is 0 Å². The third kappa shape index (κ3) is 9.79. The molecule has 6 aliphatic carbocycles. The van der Waals surface area contributed by atoms with Crippen molar-refractivity contribution < 1.29 is 33.1 Å². The maximum atomic E-state index is 10.2. The van der Waals surface area contributed by atoms with Crippen molar-refractivity contribution in [2.45, 2.75) is 133 Å². The molecule has 13 heteroatoms. The highest BCUT2D eigenvalue weighted by Crippen LogP contribution is 2.50. The highest BCUT2D eigenvalue weighted by atomic mass is 35.5. The van der Waals surface area contributed by atoms with Gasteiger partial charge in [-0.05, 0) is 131 Å². The van der Waals surface area contributed by atoms with Crippen LogP contribution in [0.2, 0.25) is 20.1 Å². The normalized spacial score (nSPS) is 27.4. The molecule has 0 amide bonds. The first kappa shape index (κ1) is 43.9. The quantitative estimate of drug-likeness (QED) is 0.0810. The van der Waals surface area contributed by atoms with E-state index in [-0.39, 0.29) is 24.4 Å². The predicted octanol–water partition coefficient (Wildman–Crippen LogP) is 13.4. The molecule has 9 nitrogen and oxygen atoms in total. The molecule has 0 radical (unpaired) electrons. The van der Waals surface area contributed by atoms with Crippen molar-refractivity contribution in [1.29, 1.82) is 0 Å². The molecule has 4 unspecified atom stereocenters. The second-order valence-corrected chi connectivity index (χ2v) is 20.2. The van der Waals surface area contributed by atoms with Crippen LogP contribution in [0.25, 0.3) is 22.5 Å². The molecule has 6 fully saturated rings. The van der Waals surface area contributed by atoms with Gasteiger partial charge in [0.2, 0.25) is 0 Å². The summed E-state index contributed by atoms with van der Waals surface area (Å²) >= 11 is 25.8. The zero-order valence-corrected chi connectivity index (χ0v) is 38.3. The third-order valence-electron chi connectivity index (χ3n) is 14.3. The van der Waals surface area contributed by atoms with Crippen molar-refractivity contribution in [3.8, 4) is 22.5 Å². The highest BCUT2D eigenvalue weighted by Gasteiger charge is 2.45. The zero-order valence-electron chi connectivity index (χ0n) is 35.2. The van der Waals surface area contributed by atoms with Crippen LogP contribution < -0.4 is 0 Å². The summed E-state index contributed by atoms with van der Waals surface area (Å²) in [6.45, 7) is 1.83. The summed E-state index contributed by atoms with van der Waals surface area (Å²) in [6, 6.07) is 21.2. The summed E-state index contributed by atoms with van der Waals surface area (Å²) in [6.07, 6.45) is 13.5. The van der Waals surface area contributed by atoms with Crippen molar-refractivity contribution in [1.82, 2.24) is 10.3 Å². The molecule has 63 heavy (non-hydrogen) atoms. The van der Waals surface area contributed by atoms with Crippen molar-refractivity contribution in [2.75, 3.05) is 6.79 Å². The third-order valence-corrected chi connectivity index (χ3v) is 15.5. The molecule has 3 aromatic carbocycles. The molecule has 2 aromatic heterocycles. The molecule has 0 aliphatic heterocycles. The molecule has 0 saturated heterocycles. The lowest BCUT2D eigenvalue weighted by Gasteiger charge is -2.35. The summed E-state index contributed by atoms with van der Waals surface area (Å²) in [5.74, 6) is 4.48. The van der Waals surface area contributed by atoms with Crippen LogP contribution in [-0.2, 0) is 38.8 Å². The zero-order chi connectivity index (χ0) is 43.0. The number of aromatic nitrogens is 2. The van der Waals surface area contributed by atoms with Gasteiger partial charge in [-0.1, -0.05) is 99.2 Å². The van der Waals surface area contributed by atoms with E-state index < -0.39 is 0 Å². The van der Waals surface area contributed by atoms with E-state index in [0.29, 0.717) is 99.2 Å². The standard InChI is InChI=1S/C29H31Cl2NO4.C21H23Cl2NO3/c30-24-7-4-8-25(31)26(24)27-23(29(36-32-27)19-9-10-19)16-34-22-13-20-11-12-21(14-22)28(20)35-17-33-15-18-5-2-1-3-6-18;22-16-2-1-3-17(23)18(16)19-15(21(27-24-19)11-4-5-11)10-26-14-8-12-6-7-13(9-14)20(12)25/h1-8,19-22,28H,9-17H2;1-3,11-14,20,25H,4-10H2. The summed E-state index contributed by atoms with van der Waals surface area (Å²) < 4.78 is 36.4. The van der Waals surface area contributed by atoms with Crippen molar-refractivity contribution in [3.63, 3.8) is 0 Å². The summed E-state index contributed by atoms with van der Waals surface area (Å²) in [5, 5.41) is 21.2. The number of benzene rings is 3. The Labute approximate surface area is 389 Å². The van der Waals surface area contributed by atoms with Crippen LogP contribution in [0.4, 0.5) is 0 Å². The number of rotatable bonds is 15. The van der Waals surface area contributed by atoms with E-state index in [1.807, 2.05) is 54.6 Å². The van der Waals surface area contributed by atoms with Crippen molar-refractivity contribution in [3.05, 3.63) is 115 Å². The van der Waals surface area contributed by atoms with Crippen LogP contribution >= 0.6 is 46.4 Å². The monoisotopic (exact) mass is 934 g/mol. The van der Waals surface area contributed by atoms with Gasteiger partial charge in [-0.15, -0.1) is 0 Å². The van der Waals surface area contributed by atoms with E-state index in [0.717, 1.165) is 98.0 Å². The fourth-order valence-electron chi connectivity index (χ4n) is 10.8. The number of aliphatic hydroxyl groups is 1. The lowest BCUT2D eigenvalue weighted by molar-refractivity contribution is -0.142. The predicted molar refractivity (Wildman–Crippen MR) is 243 cm³/mol. The first-order chi connectivity index (χ1) is 30.8. The van der Waals surface area contributed by atoms with Gasteiger partial charge in [0.1, 0.15) is 29.7 Å². The molecule has 4 atom stereocenters.